The van der Waals surface area contributed by atoms with Crippen LogP contribution in [0.2, 0.25) is 0 Å². The molecule has 0 saturated heterocycles. The van der Waals surface area contributed by atoms with E-state index in [2.05, 4.69) is 170 Å². The van der Waals surface area contributed by atoms with Gasteiger partial charge in [0.15, 0.2) is 5.58 Å². The highest BCUT2D eigenvalue weighted by Crippen LogP contribution is 2.53. The van der Waals surface area contributed by atoms with Gasteiger partial charge in [0.2, 0.25) is 5.89 Å². The van der Waals surface area contributed by atoms with Crippen molar-refractivity contribution in [1.82, 2.24) is 4.98 Å². The van der Waals surface area contributed by atoms with Gasteiger partial charge in [-0.1, -0.05) is 141 Å². The second-order valence-electron chi connectivity index (χ2n) is 15.2. The molecule has 0 spiro atoms. The van der Waals surface area contributed by atoms with Crippen LogP contribution in [0, 0.1) is 0 Å². The summed E-state index contributed by atoms with van der Waals surface area (Å²) in [5.41, 5.74) is 13.5. The molecule has 11 rings (SSSR count). The zero-order chi connectivity index (χ0) is 36.7. The Kier molecular flexibility index (Phi) is 6.90. The molecule has 0 N–H and O–H groups in total. The van der Waals surface area contributed by atoms with E-state index in [4.69, 9.17) is 9.40 Å². The van der Waals surface area contributed by atoms with E-state index in [0.717, 1.165) is 55.3 Å². The van der Waals surface area contributed by atoms with Crippen LogP contribution in [0.1, 0.15) is 25.0 Å². The Labute approximate surface area is 319 Å². The first-order chi connectivity index (χ1) is 27.0. The van der Waals surface area contributed by atoms with Crippen LogP contribution in [-0.4, -0.2) is 4.98 Å². The molecule has 1 heterocycles. The van der Waals surface area contributed by atoms with Crippen LogP contribution in [0.5, 0.6) is 0 Å². The molecule has 3 nitrogen and oxygen atoms in total. The fourth-order valence-electron chi connectivity index (χ4n) is 8.96. The van der Waals surface area contributed by atoms with Gasteiger partial charge in [-0.3, -0.25) is 0 Å². The van der Waals surface area contributed by atoms with E-state index in [1.165, 1.54) is 44.2 Å². The lowest BCUT2D eigenvalue weighted by molar-refractivity contribution is 0.623. The highest BCUT2D eigenvalue weighted by molar-refractivity contribution is 6.18. The molecule has 0 amide bonds. The number of anilines is 3. The third kappa shape index (κ3) is 4.93. The number of hydrogen-bond acceptors (Lipinski definition) is 3. The van der Waals surface area contributed by atoms with Gasteiger partial charge in [0.25, 0.3) is 0 Å². The summed E-state index contributed by atoms with van der Waals surface area (Å²) in [7, 11) is 0. The Morgan fingerprint density at radius 2 is 1.05 bits per heavy atom. The molecular weight excluding hydrogens is 669 g/mol. The quantitative estimate of drug-likeness (QED) is 0.167. The minimum absolute atomic E-state index is 0.182. The van der Waals surface area contributed by atoms with Crippen molar-refractivity contribution in [3.05, 3.63) is 193 Å². The van der Waals surface area contributed by atoms with Crippen LogP contribution in [-0.2, 0) is 5.41 Å². The second-order valence-corrected chi connectivity index (χ2v) is 15.2. The maximum Gasteiger partial charge on any atom is 0.227 e. The van der Waals surface area contributed by atoms with E-state index >= 15 is 0 Å². The van der Waals surface area contributed by atoms with Crippen LogP contribution in [0.25, 0.3) is 77.1 Å². The molecule has 1 aromatic heterocycles. The minimum atomic E-state index is -0.182. The van der Waals surface area contributed by atoms with Crippen LogP contribution >= 0.6 is 0 Å². The van der Waals surface area contributed by atoms with Crippen LogP contribution in [0.4, 0.5) is 17.1 Å². The van der Waals surface area contributed by atoms with Crippen molar-refractivity contribution in [2.24, 2.45) is 0 Å². The van der Waals surface area contributed by atoms with E-state index in [-0.39, 0.29) is 5.41 Å². The van der Waals surface area contributed by atoms with Crippen molar-refractivity contribution >= 4 is 60.5 Å². The first-order valence-electron chi connectivity index (χ1n) is 19.0. The summed E-state index contributed by atoms with van der Waals surface area (Å²) in [4.78, 5) is 7.33. The number of hydrogen-bond donors (Lipinski definition) is 0. The van der Waals surface area contributed by atoms with Crippen molar-refractivity contribution in [2.75, 3.05) is 4.90 Å². The van der Waals surface area contributed by atoms with E-state index in [0.29, 0.717) is 5.89 Å². The number of fused-ring (bicyclic) bond motifs is 10. The fourth-order valence-corrected chi connectivity index (χ4v) is 8.96. The van der Waals surface area contributed by atoms with Gasteiger partial charge < -0.3 is 9.32 Å². The molecule has 0 atom stereocenters. The van der Waals surface area contributed by atoms with E-state index < -0.39 is 0 Å². The van der Waals surface area contributed by atoms with Crippen LogP contribution in [0.15, 0.2) is 186 Å². The number of nitrogens with zero attached hydrogens (tertiary/aromatic N) is 2. The fraction of sp³-hybridized carbons (Fsp3) is 0.0577. The summed E-state index contributed by atoms with van der Waals surface area (Å²) in [5.74, 6) is 0.630. The SMILES string of the molecule is CC1(C)c2cc(N(c3ccc(-c4ccccc4)cc3)c3ccc4ccc5ccc6nc(-c7ccccc7)oc6c5c4c3)ccc2-c2ccc3ccccc3c21. The molecule has 0 unspecified atom stereocenters. The molecule has 0 fully saturated rings. The van der Waals surface area contributed by atoms with Gasteiger partial charge >= 0.3 is 0 Å². The number of aromatic nitrogens is 1. The third-order valence-electron chi connectivity index (χ3n) is 11.6. The monoisotopic (exact) mass is 704 g/mol. The first-order valence-corrected chi connectivity index (χ1v) is 19.0. The molecule has 9 aromatic carbocycles. The Morgan fingerprint density at radius 3 is 1.87 bits per heavy atom. The molecule has 0 bridgehead atoms. The van der Waals surface area contributed by atoms with Crippen molar-refractivity contribution in [3.8, 4) is 33.7 Å². The Hall–Kier alpha value is -6.97. The summed E-state index contributed by atoms with van der Waals surface area (Å²) in [5, 5.41) is 7.08. The summed E-state index contributed by atoms with van der Waals surface area (Å²) in [6.45, 7) is 4.75. The third-order valence-corrected chi connectivity index (χ3v) is 11.6. The van der Waals surface area contributed by atoms with Gasteiger partial charge in [-0.25, -0.2) is 4.98 Å². The Bertz CT molecular complexity index is 3110. The highest BCUT2D eigenvalue weighted by atomic mass is 16.3. The largest absolute Gasteiger partial charge is 0.435 e. The first kappa shape index (κ1) is 31.5. The van der Waals surface area contributed by atoms with E-state index in [1.54, 1.807) is 0 Å². The molecule has 1 aliphatic rings. The highest BCUT2D eigenvalue weighted by Gasteiger charge is 2.37. The predicted molar refractivity (Wildman–Crippen MR) is 230 cm³/mol. The molecule has 3 heteroatoms. The summed E-state index contributed by atoms with van der Waals surface area (Å²) in [6, 6.07) is 65.5. The molecule has 0 aliphatic heterocycles. The molecule has 55 heavy (non-hydrogen) atoms. The van der Waals surface area contributed by atoms with Gasteiger partial charge in [-0.05, 0) is 115 Å². The lowest BCUT2D eigenvalue weighted by Crippen LogP contribution is -2.17. The standard InChI is InChI=1S/C52H36N2O/c1-52(2)46-32-41(27-29-43(46)44-28-22-35-13-9-10-16-42(35)49(44)52)54(39-24-19-34(20-25-39)33-11-5-3-6-12-33)40-26-21-36-17-18-37-23-30-47-50(48(37)45(36)31-40)55-51(53-47)38-14-7-4-8-15-38/h3-32H,1-2H3. The lowest BCUT2D eigenvalue weighted by atomic mass is 9.80. The zero-order valence-corrected chi connectivity index (χ0v) is 30.6. The Morgan fingerprint density at radius 1 is 0.473 bits per heavy atom. The predicted octanol–water partition coefficient (Wildman–Crippen LogP) is 14.4. The molecule has 1 aliphatic carbocycles. The van der Waals surface area contributed by atoms with Crippen molar-refractivity contribution in [2.45, 2.75) is 19.3 Å². The topological polar surface area (TPSA) is 29.3 Å². The number of benzene rings is 9. The van der Waals surface area contributed by atoms with Crippen LogP contribution in [0.3, 0.4) is 0 Å². The van der Waals surface area contributed by atoms with Gasteiger partial charge in [-0.2, -0.15) is 0 Å². The lowest BCUT2D eigenvalue weighted by Gasteiger charge is -2.29. The van der Waals surface area contributed by atoms with Gasteiger partial charge in [0.1, 0.15) is 5.52 Å². The molecule has 10 aromatic rings. The zero-order valence-electron chi connectivity index (χ0n) is 30.6. The maximum absolute atomic E-state index is 6.61. The minimum Gasteiger partial charge on any atom is -0.435 e. The number of rotatable bonds is 5. The van der Waals surface area contributed by atoms with Crippen molar-refractivity contribution < 1.29 is 4.42 Å². The summed E-state index contributed by atoms with van der Waals surface area (Å²) < 4.78 is 6.61. The number of oxazole rings is 1. The van der Waals surface area contributed by atoms with Gasteiger partial charge in [-0.15, -0.1) is 0 Å². The normalized spacial score (nSPS) is 13.1. The van der Waals surface area contributed by atoms with Gasteiger partial charge in [0, 0.05) is 33.4 Å². The Balaban J connectivity index is 1.12. The molecule has 0 radical (unpaired) electrons. The average molecular weight is 705 g/mol. The van der Waals surface area contributed by atoms with E-state index in [1.807, 2.05) is 30.3 Å². The smallest absolute Gasteiger partial charge is 0.227 e. The van der Waals surface area contributed by atoms with Crippen molar-refractivity contribution in [1.29, 1.82) is 0 Å². The van der Waals surface area contributed by atoms with Crippen LogP contribution < -0.4 is 4.90 Å². The molecular formula is C52H36N2O. The molecule has 0 saturated carbocycles. The van der Waals surface area contributed by atoms with Crippen molar-refractivity contribution in [3.63, 3.8) is 0 Å². The molecule has 260 valence electrons. The summed E-state index contributed by atoms with van der Waals surface area (Å²) in [6.07, 6.45) is 0. The maximum atomic E-state index is 6.61. The van der Waals surface area contributed by atoms with E-state index in [9.17, 15) is 0 Å². The van der Waals surface area contributed by atoms with Gasteiger partial charge in [0.05, 0.1) is 0 Å². The summed E-state index contributed by atoms with van der Waals surface area (Å²) >= 11 is 0. The second kappa shape index (κ2) is 12.0. The average Bonchev–Trinajstić information content (AvgIpc) is 3.78.